The Bertz CT molecular complexity index is 457. The van der Waals surface area contributed by atoms with E-state index in [0.29, 0.717) is 0 Å². The molecule has 3 heteroatoms. The molecule has 0 aliphatic carbocycles. The molecule has 3 nitrogen and oxygen atoms in total. The second-order valence-electron chi connectivity index (χ2n) is 3.95. The maximum atomic E-state index is 4.10. The van der Waals surface area contributed by atoms with Crippen LogP contribution in [0, 0.1) is 0 Å². The zero-order valence-corrected chi connectivity index (χ0v) is 8.85. The normalized spacial score (nSPS) is 17.4. The molecule has 0 spiro atoms. The quantitative estimate of drug-likeness (QED) is 0.801. The Morgan fingerprint density at radius 2 is 1.81 bits per heavy atom. The van der Waals surface area contributed by atoms with E-state index < -0.39 is 0 Å². The molecule has 0 saturated carbocycles. The van der Waals surface area contributed by atoms with Crippen molar-refractivity contribution in [3.63, 3.8) is 0 Å². The van der Waals surface area contributed by atoms with Crippen molar-refractivity contribution >= 4 is 11.4 Å². The smallest absolute Gasteiger partial charge is 0.101 e. The first-order valence-corrected chi connectivity index (χ1v) is 5.43. The standard InChI is InChI=1S/C13H13N3/c1-2-4-10(5-3-1)8-13-15-11-6-7-14-9-12(11)16-13/h1-7,9,13,15-16H,8H2. The average molecular weight is 211 g/mol. The van der Waals surface area contributed by atoms with Gasteiger partial charge in [-0.25, -0.2) is 0 Å². The Morgan fingerprint density at radius 1 is 1.00 bits per heavy atom. The molecule has 2 aromatic rings. The molecule has 0 saturated heterocycles. The zero-order valence-electron chi connectivity index (χ0n) is 8.85. The van der Waals surface area contributed by atoms with Crippen LogP contribution in [0.25, 0.3) is 0 Å². The maximum absolute atomic E-state index is 4.10. The van der Waals surface area contributed by atoms with E-state index in [1.807, 2.05) is 18.3 Å². The van der Waals surface area contributed by atoms with Crippen molar-refractivity contribution in [1.82, 2.24) is 4.98 Å². The van der Waals surface area contributed by atoms with Gasteiger partial charge in [-0.2, -0.15) is 0 Å². The molecular formula is C13H13N3. The summed E-state index contributed by atoms with van der Waals surface area (Å²) in [5, 5.41) is 6.84. The Balaban J connectivity index is 1.73. The molecule has 0 amide bonds. The van der Waals surface area contributed by atoms with Crippen molar-refractivity contribution in [3.8, 4) is 0 Å². The predicted octanol–water partition coefficient (Wildman–Crippen LogP) is 2.49. The van der Waals surface area contributed by atoms with Gasteiger partial charge >= 0.3 is 0 Å². The van der Waals surface area contributed by atoms with E-state index in [9.17, 15) is 0 Å². The van der Waals surface area contributed by atoms with Gasteiger partial charge in [0, 0.05) is 12.6 Å². The molecule has 0 fully saturated rings. The molecular weight excluding hydrogens is 198 g/mol. The number of hydrogen-bond donors (Lipinski definition) is 2. The molecule has 16 heavy (non-hydrogen) atoms. The Kier molecular flexibility index (Phi) is 2.22. The Labute approximate surface area is 94.5 Å². The molecule has 0 radical (unpaired) electrons. The van der Waals surface area contributed by atoms with Crippen LogP contribution in [-0.2, 0) is 6.42 Å². The van der Waals surface area contributed by atoms with Gasteiger partial charge < -0.3 is 10.6 Å². The van der Waals surface area contributed by atoms with Crippen LogP contribution in [0.3, 0.4) is 0 Å². The Morgan fingerprint density at radius 3 is 2.62 bits per heavy atom. The van der Waals surface area contributed by atoms with Gasteiger partial charge in [-0.15, -0.1) is 0 Å². The number of hydrogen-bond acceptors (Lipinski definition) is 3. The molecule has 1 aromatic heterocycles. The number of anilines is 2. The van der Waals surface area contributed by atoms with Crippen LogP contribution in [0.2, 0.25) is 0 Å². The van der Waals surface area contributed by atoms with E-state index in [2.05, 4.69) is 39.9 Å². The van der Waals surface area contributed by atoms with Crippen molar-refractivity contribution in [3.05, 3.63) is 54.4 Å². The summed E-state index contributed by atoms with van der Waals surface area (Å²) in [5.41, 5.74) is 3.55. The first-order chi connectivity index (χ1) is 7.92. The van der Waals surface area contributed by atoms with Gasteiger partial charge in [0.1, 0.15) is 6.17 Å². The highest BCUT2D eigenvalue weighted by atomic mass is 15.2. The van der Waals surface area contributed by atoms with Crippen LogP contribution in [0.4, 0.5) is 11.4 Å². The summed E-state index contributed by atoms with van der Waals surface area (Å²) in [6.45, 7) is 0. The fourth-order valence-corrected chi connectivity index (χ4v) is 2.00. The number of aromatic nitrogens is 1. The molecule has 2 heterocycles. The lowest BCUT2D eigenvalue weighted by molar-refractivity contribution is 0.831. The van der Waals surface area contributed by atoms with Crippen LogP contribution in [0.1, 0.15) is 5.56 Å². The fraction of sp³-hybridized carbons (Fsp3) is 0.154. The highest BCUT2D eigenvalue weighted by Crippen LogP contribution is 2.28. The summed E-state index contributed by atoms with van der Waals surface area (Å²) < 4.78 is 0. The molecule has 1 aliphatic rings. The number of rotatable bonds is 2. The van der Waals surface area contributed by atoms with Crippen molar-refractivity contribution in [2.45, 2.75) is 12.6 Å². The van der Waals surface area contributed by atoms with Crippen molar-refractivity contribution < 1.29 is 0 Å². The number of pyridine rings is 1. The van der Waals surface area contributed by atoms with Crippen molar-refractivity contribution in [1.29, 1.82) is 0 Å². The van der Waals surface area contributed by atoms with Crippen LogP contribution >= 0.6 is 0 Å². The van der Waals surface area contributed by atoms with E-state index in [1.54, 1.807) is 6.20 Å². The van der Waals surface area contributed by atoms with E-state index in [1.165, 1.54) is 5.56 Å². The fourth-order valence-electron chi connectivity index (χ4n) is 2.00. The van der Waals surface area contributed by atoms with Crippen LogP contribution in [-0.4, -0.2) is 11.1 Å². The van der Waals surface area contributed by atoms with Crippen LogP contribution in [0.15, 0.2) is 48.8 Å². The number of nitrogens with zero attached hydrogens (tertiary/aromatic N) is 1. The van der Waals surface area contributed by atoms with Crippen LogP contribution < -0.4 is 10.6 Å². The molecule has 2 N–H and O–H groups in total. The lowest BCUT2D eigenvalue weighted by Gasteiger charge is -2.11. The molecule has 80 valence electrons. The van der Waals surface area contributed by atoms with Crippen molar-refractivity contribution in [2.75, 3.05) is 10.6 Å². The lowest BCUT2D eigenvalue weighted by Crippen LogP contribution is -2.24. The molecule has 1 atom stereocenters. The average Bonchev–Trinajstić information content (AvgIpc) is 2.72. The number of nitrogens with one attached hydrogen (secondary N) is 2. The molecule has 1 aromatic carbocycles. The summed E-state index contributed by atoms with van der Waals surface area (Å²) in [4.78, 5) is 4.10. The third-order valence-electron chi connectivity index (χ3n) is 2.76. The van der Waals surface area contributed by atoms with E-state index in [4.69, 9.17) is 0 Å². The van der Waals surface area contributed by atoms with E-state index in [0.717, 1.165) is 17.8 Å². The first kappa shape index (κ1) is 9.21. The van der Waals surface area contributed by atoms with Gasteiger partial charge in [0.25, 0.3) is 0 Å². The SMILES string of the molecule is c1ccc(CC2Nc3ccncc3N2)cc1. The highest BCUT2D eigenvalue weighted by Gasteiger charge is 2.18. The summed E-state index contributed by atoms with van der Waals surface area (Å²) in [5.74, 6) is 0. The van der Waals surface area contributed by atoms with E-state index in [-0.39, 0.29) is 6.17 Å². The zero-order chi connectivity index (χ0) is 10.8. The maximum Gasteiger partial charge on any atom is 0.101 e. The van der Waals surface area contributed by atoms with Gasteiger partial charge in [0.2, 0.25) is 0 Å². The molecule has 1 unspecified atom stereocenters. The number of benzene rings is 1. The second kappa shape index (κ2) is 3.85. The summed E-state index contributed by atoms with van der Waals surface area (Å²) >= 11 is 0. The van der Waals surface area contributed by atoms with Crippen molar-refractivity contribution in [2.24, 2.45) is 0 Å². The second-order valence-corrected chi connectivity index (χ2v) is 3.95. The minimum Gasteiger partial charge on any atom is -0.363 e. The van der Waals surface area contributed by atoms with Gasteiger partial charge in [-0.1, -0.05) is 30.3 Å². The molecule has 1 aliphatic heterocycles. The van der Waals surface area contributed by atoms with Gasteiger partial charge in [-0.05, 0) is 11.6 Å². The van der Waals surface area contributed by atoms with E-state index >= 15 is 0 Å². The minimum atomic E-state index is 0.265. The largest absolute Gasteiger partial charge is 0.363 e. The predicted molar refractivity (Wildman–Crippen MR) is 65.4 cm³/mol. The summed E-state index contributed by atoms with van der Waals surface area (Å²) in [6.07, 6.45) is 4.89. The third-order valence-corrected chi connectivity index (χ3v) is 2.76. The summed E-state index contributed by atoms with van der Waals surface area (Å²) in [6, 6.07) is 12.5. The van der Waals surface area contributed by atoms with Gasteiger partial charge in [0.15, 0.2) is 0 Å². The molecule has 3 rings (SSSR count). The van der Waals surface area contributed by atoms with Crippen LogP contribution in [0.5, 0.6) is 0 Å². The summed E-state index contributed by atoms with van der Waals surface area (Å²) in [7, 11) is 0. The lowest BCUT2D eigenvalue weighted by atomic mass is 10.1. The topological polar surface area (TPSA) is 37.0 Å². The first-order valence-electron chi connectivity index (χ1n) is 5.43. The molecule has 0 bridgehead atoms. The van der Waals surface area contributed by atoms with Gasteiger partial charge in [-0.3, -0.25) is 4.98 Å². The number of fused-ring (bicyclic) bond motifs is 1. The van der Waals surface area contributed by atoms with Gasteiger partial charge in [0.05, 0.1) is 17.6 Å². The minimum absolute atomic E-state index is 0.265. The third kappa shape index (κ3) is 1.72. The Hall–Kier alpha value is -2.03. The monoisotopic (exact) mass is 211 g/mol. The highest BCUT2D eigenvalue weighted by molar-refractivity contribution is 5.73.